The van der Waals surface area contributed by atoms with Crippen molar-refractivity contribution in [2.24, 2.45) is 5.73 Å². The lowest BCUT2D eigenvalue weighted by atomic mass is 10.3. The van der Waals surface area contributed by atoms with E-state index in [9.17, 15) is 0 Å². The SMILES string of the molecule is NCc1nnc(COc2cccc(Cl)c2)s1. The van der Waals surface area contributed by atoms with Crippen LogP contribution in [0.5, 0.6) is 5.75 Å². The standard InChI is InChI=1S/C10H10ClN3OS/c11-7-2-1-3-8(4-7)15-6-10-14-13-9(5-12)16-10/h1-4H,5-6,12H2. The van der Waals surface area contributed by atoms with Gasteiger partial charge in [-0.2, -0.15) is 0 Å². The Balaban J connectivity index is 1.96. The lowest BCUT2D eigenvalue weighted by Crippen LogP contribution is -1.94. The maximum atomic E-state index is 5.83. The number of hydrogen-bond donors (Lipinski definition) is 1. The molecule has 0 spiro atoms. The van der Waals surface area contributed by atoms with Gasteiger partial charge in [0.2, 0.25) is 0 Å². The smallest absolute Gasteiger partial charge is 0.155 e. The van der Waals surface area contributed by atoms with Crippen LogP contribution < -0.4 is 10.5 Å². The van der Waals surface area contributed by atoms with Gasteiger partial charge in [0, 0.05) is 11.6 Å². The first-order valence-electron chi connectivity index (χ1n) is 4.67. The second kappa shape index (κ2) is 5.25. The van der Waals surface area contributed by atoms with E-state index in [2.05, 4.69) is 10.2 Å². The Morgan fingerprint density at radius 2 is 2.12 bits per heavy atom. The van der Waals surface area contributed by atoms with E-state index >= 15 is 0 Å². The minimum atomic E-state index is 0.387. The number of rotatable bonds is 4. The monoisotopic (exact) mass is 255 g/mol. The molecule has 84 valence electrons. The Kier molecular flexibility index (Phi) is 3.71. The van der Waals surface area contributed by atoms with Crippen molar-refractivity contribution in [3.05, 3.63) is 39.3 Å². The van der Waals surface area contributed by atoms with E-state index in [4.69, 9.17) is 22.1 Å². The molecule has 0 saturated heterocycles. The summed E-state index contributed by atoms with van der Waals surface area (Å²) in [5.74, 6) is 0.719. The van der Waals surface area contributed by atoms with Gasteiger partial charge in [-0.15, -0.1) is 10.2 Å². The third kappa shape index (κ3) is 2.91. The van der Waals surface area contributed by atoms with Crippen LogP contribution in [-0.2, 0) is 13.2 Å². The van der Waals surface area contributed by atoms with E-state index in [1.807, 2.05) is 12.1 Å². The van der Waals surface area contributed by atoms with Gasteiger partial charge < -0.3 is 10.5 Å². The maximum absolute atomic E-state index is 5.83. The van der Waals surface area contributed by atoms with Crippen molar-refractivity contribution in [2.75, 3.05) is 0 Å². The van der Waals surface area contributed by atoms with Gasteiger partial charge in [0.25, 0.3) is 0 Å². The topological polar surface area (TPSA) is 61.0 Å². The Morgan fingerprint density at radius 3 is 2.81 bits per heavy atom. The number of halogens is 1. The number of ether oxygens (including phenoxy) is 1. The maximum Gasteiger partial charge on any atom is 0.155 e. The molecule has 0 bridgehead atoms. The highest BCUT2D eigenvalue weighted by atomic mass is 35.5. The van der Waals surface area contributed by atoms with E-state index in [-0.39, 0.29) is 0 Å². The second-order valence-corrected chi connectivity index (χ2v) is 4.62. The molecule has 2 rings (SSSR count). The molecule has 0 aliphatic carbocycles. The van der Waals surface area contributed by atoms with E-state index in [1.54, 1.807) is 12.1 Å². The summed E-state index contributed by atoms with van der Waals surface area (Å²) in [7, 11) is 0. The Hall–Kier alpha value is -1.17. The second-order valence-electron chi connectivity index (χ2n) is 3.04. The van der Waals surface area contributed by atoms with E-state index in [0.29, 0.717) is 18.2 Å². The van der Waals surface area contributed by atoms with Gasteiger partial charge in [0.1, 0.15) is 17.4 Å². The summed E-state index contributed by atoms with van der Waals surface area (Å²) in [5, 5.41) is 10.1. The molecule has 6 heteroatoms. The van der Waals surface area contributed by atoms with Crippen LogP contribution in [0.2, 0.25) is 5.02 Å². The predicted molar refractivity (Wildman–Crippen MR) is 63.6 cm³/mol. The zero-order chi connectivity index (χ0) is 11.4. The zero-order valence-electron chi connectivity index (χ0n) is 8.39. The van der Waals surface area contributed by atoms with Gasteiger partial charge in [-0.1, -0.05) is 29.0 Å². The normalized spacial score (nSPS) is 10.4. The largest absolute Gasteiger partial charge is 0.486 e. The summed E-state index contributed by atoms with van der Waals surface area (Å²) < 4.78 is 5.51. The number of nitrogens with two attached hydrogens (primary N) is 1. The highest BCUT2D eigenvalue weighted by Gasteiger charge is 2.03. The van der Waals surface area contributed by atoms with Crippen LogP contribution >= 0.6 is 22.9 Å². The van der Waals surface area contributed by atoms with E-state index in [0.717, 1.165) is 15.8 Å². The van der Waals surface area contributed by atoms with Crippen molar-refractivity contribution >= 4 is 22.9 Å². The van der Waals surface area contributed by atoms with Gasteiger partial charge in [-0.05, 0) is 18.2 Å². The zero-order valence-corrected chi connectivity index (χ0v) is 9.96. The molecule has 1 heterocycles. The van der Waals surface area contributed by atoms with Crippen molar-refractivity contribution < 1.29 is 4.74 Å². The number of nitrogens with zero attached hydrogens (tertiary/aromatic N) is 2. The van der Waals surface area contributed by atoms with Crippen LogP contribution in [0.25, 0.3) is 0 Å². The molecule has 0 unspecified atom stereocenters. The fraction of sp³-hybridized carbons (Fsp3) is 0.200. The Labute approximate surface area is 102 Å². The van der Waals surface area contributed by atoms with Crippen LogP contribution in [0.4, 0.5) is 0 Å². The van der Waals surface area contributed by atoms with Gasteiger partial charge in [0.15, 0.2) is 5.01 Å². The summed E-state index contributed by atoms with van der Waals surface area (Å²) in [5.41, 5.74) is 5.44. The van der Waals surface area contributed by atoms with Crippen molar-refractivity contribution in [3.63, 3.8) is 0 Å². The molecule has 2 N–H and O–H groups in total. The molecule has 0 aliphatic rings. The first-order chi connectivity index (χ1) is 7.78. The molecular weight excluding hydrogens is 246 g/mol. The molecule has 0 radical (unpaired) electrons. The number of benzene rings is 1. The van der Waals surface area contributed by atoms with Crippen LogP contribution in [-0.4, -0.2) is 10.2 Å². The molecule has 1 aromatic carbocycles. The highest BCUT2D eigenvalue weighted by molar-refractivity contribution is 7.11. The van der Waals surface area contributed by atoms with Gasteiger partial charge >= 0.3 is 0 Å². The average molecular weight is 256 g/mol. The molecule has 0 atom stereocenters. The van der Waals surface area contributed by atoms with Crippen LogP contribution in [0.15, 0.2) is 24.3 Å². The molecule has 2 aromatic rings. The number of hydrogen-bond acceptors (Lipinski definition) is 5. The number of aromatic nitrogens is 2. The lowest BCUT2D eigenvalue weighted by Gasteiger charge is -2.02. The summed E-state index contributed by atoms with van der Waals surface area (Å²) in [6.07, 6.45) is 0. The van der Waals surface area contributed by atoms with E-state index < -0.39 is 0 Å². The highest BCUT2D eigenvalue weighted by Crippen LogP contribution is 2.19. The Morgan fingerprint density at radius 1 is 1.31 bits per heavy atom. The van der Waals surface area contributed by atoms with Crippen LogP contribution in [0.3, 0.4) is 0 Å². The van der Waals surface area contributed by atoms with Crippen molar-refractivity contribution in [3.8, 4) is 5.75 Å². The fourth-order valence-electron chi connectivity index (χ4n) is 1.13. The molecule has 16 heavy (non-hydrogen) atoms. The van der Waals surface area contributed by atoms with Crippen LogP contribution in [0.1, 0.15) is 10.0 Å². The molecule has 0 saturated carbocycles. The summed E-state index contributed by atoms with van der Waals surface area (Å²) in [6.45, 7) is 0.798. The molecule has 0 amide bonds. The van der Waals surface area contributed by atoms with Gasteiger partial charge in [-0.3, -0.25) is 0 Å². The quantitative estimate of drug-likeness (QED) is 0.910. The molecular formula is C10H10ClN3OS. The predicted octanol–water partition coefficient (Wildman–Crippen LogP) is 2.23. The summed E-state index contributed by atoms with van der Waals surface area (Å²) in [6, 6.07) is 7.23. The average Bonchev–Trinajstić information content (AvgIpc) is 2.74. The molecule has 1 aromatic heterocycles. The van der Waals surface area contributed by atoms with Crippen molar-refractivity contribution in [2.45, 2.75) is 13.2 Å². The minimum absolute atomic E-state index is 0.387. The third-order valence-electron chi connectivity index (χ3n) is 1.84. The fourth-order valence-corrected chi connectivity index (χ4v) is 1.95. The van der Waals surface area contributed by atoms with Crippen molar-refractivity contribution in [1.29, 1.82) is 0 Å². The Bertz CT molecular complexity index is 475. The minimum Gasteiger partial charge on any atom is -0.486 e. The van der Waals surface area contributed by atoms with Crippen molar-refractivity contribution in [1.82, 2.24) is 10.2 Å². The lowest BCUT2D eigenvalue weighted by molar-refractivity contribution is 0.304. The molecule has 4 nitrogen and oxygen atoms in total. The first kappa shape index (κ1) is 11.3. The van der Waals surface area contributed by atoms with Gasteiger partial charge in [-0.25, -0.2) is 0 Å². The van der Waals surface area contributed by atoms with Gasteiger partial charge in [0.05, 0.1) is 0 Å². The first-order valence-corrected chi connectivity index (χ1v) is 5.87. The third-order valence-corrected chi connectivity index (χ3v) is 3.00. The summed E-state index contributed by atoms with van der Waals surface area (Å²) in [4.78, 5) is 0. The molecule has 0 aliphatic heterocycles. The summed E-state index contributed by atoms with van der Waals surface area (Å²) >= 11 is 7.28. The molecule has 0 fully saturated rings. The van der Waals surface area contributed by atoms with E-state index in [1.165, 1.54) is 11.3 Å². The van der Waals surface area contributed by atoms with Crippen LogP contribution in [0, 0.1) is 0 Å².